The van der Waals surface area contributed by atoms with Gasteiger partial charge in [0.2, 0.25) is 0 Å². The van der Waals surface area contributed by atoms with Crippen molar-refractivity contribution in [2.24, 2.45) is 5.92 Å². The molecule has 3 rings (SSSR count). The number of likely N-dealkylation sites (tertiary alicyclic amines) is 1. The van der Waals surface area contributed by atoms with E-state index in [4.69, 9.17) is 12.2 Å². The van der Waals surface area contributed by atoms with Gasteiger partial charge < -0.3 is 5.11 Å². The summed E-state index contributed by atoms with van der Waals surface area (Å²) in [5, 5.41) is 12.3. The highest BCUT2D eigenvalue weighted by Gasteiger charge is 2.61. The summed E-state index contributed by atoms with van der Waals surface area (Å²) in [6, 6.07) is 9.34. The maximum Gasteiger partial charge on any atom is 0.383 e. The fourth-order valence-corrected chi connectivity index (χ4v) is 5.32. The highest BCUT2D eigenvalue weighted by Crippen LogP contribution is 2.46. The van der Waals surface area contributed by atoms with Crippen LogP contribution in [0.3, 0.4) is 0 Å². The number of nitrogens with zero attached hydrogens (tertiary/aromatic N) is 1. The van der Waals surface area contributed by atoms with Gasteiger partial charge in [-0.05, 0) is 19.8 Å². The lowest BCUT2D eigenvalue weighted by atomic mass is 9.84. The number of carbonyl (C=O) groups excluding carboxylic acids is 2. The average Bonchev–Trinajstić information content (AvgIpc) is 3.29. The van der Waals surface area contributed by atoms with E-state index in [1.807, 2.05) is 37.3 Å². The smallest absolute Gasteiger partial charge is 0.383 e. The zero-order valence-corrected chi connectivity index (χ0v) is 15.5. The Labute approximate surface area is 154 Å². The zero-order valence-electron chi connectivity index (χ0n) is 14.7. The molecule has 1 aliphatic carbocycles. The van der Waals surface area contributed by atoms with Gasteiger partial charge in [-0.2, -0.15) is 0 Å². The lowest BCUT2D eigenvalue weighted by Gasteiger charge is -2.48. The number of Topliss-reactive ketones (excluding diaryl/α,β-unsaturated/α-hetero) is 1. The molecule has 1 aromatic carbocycles. The number of carbonyl (C=O) groups is 2. The second-order valence-corrected chi connectivity index (χ2v) is 7.65. The Bertz CT molecular complexity index is 683. The Hall–Kier alpha value is -1.59. The molecule has 0 spiro atoms. The SMILES string of the molecule is CC[N+]1(C(=O)C(=O)C2CCCC2)CCC[C@@]1(C([O-])=S)c1ccccc1. The lowest BCUT2D eigenvalue weighted by Crippen LogP contribution is -2.69. The first-order valence-electron chi connectivity index (χ1n) is 9.22. The molecule has 2 aliphatic rings. The summed E-state index contributed by atoms with van der Waals surface area (Å²) in [4.78, 5) is 26.3. The van der Waals surface area contributed by atoms with Gasteiger partial charge in [-0.1, -0.05) is 55.4 Å². The van der Waals surface area contributed by atoms with Crippen LogP contribution in [0.4, 0.5) is 0 Å². The Kier molecular flexibility index (Phi) is 5.07. The van der Waals surface area contributed by atoms with Gasteiger partial charge in [-0.3, -0.25) is 4.79 Å². The van der Waals surface area contributed by atoms with Crippen LogP contribution in [0, 0.1) is 5.92 Å². The van der Waals surface area contributed by atoms with Crippen LogP contribution < -0.4 is 5.11 Å². The van der Waals surface area contributed by atoms with Gasteiger partial charge in [0.1, 0.15) is 0 Å². The van der Waals surface area contributed by atoms with Crippen LogP contribution in [0.15, 0.2) is 30.3 Å². The maximum atomic E-state index is 13.4. The highest BCUT2D eigenvalue weighted by atomic mass is 32.1. The standard InChI is InChI=1S/C20H25NO3S/c1-2-21(18(23)17(22)15-9-6-7-10-15)14-8-13-20(21,19(24)25)16-11-4-3-5-12-16/h3-5,11-12,15H,2,6-10,13-14H2,1H3/t20-,21?/m0/s1. The summed E-state index contributed by atoms with van der Waals surface area (Å²) in [7, 11) is 0. The molecule has 0 N–H and O–H groups in total. The molecule has 2 fully saturated rings. The summed E-state index contributed by atoms with van der Waals surface area (Å²) in [6.45, 7) is 2.81. The Morgan fingerprint density at radius 2 is 1.84 bits per heavy atom. The largest absolute Gasteiger partial charge is 0.863 e. The van der Waals surface area contributed by atoms with Crippen LogP contribution in [0.2, 0.25) is 0 Å². The molecule has 0 radical (unpaired) electrons. The molecule has 2 atom stereocenters. The Morgan fingerprint density at radius 1 is 1.20 bits per heavy atom. The third-order valence-corrected chi connectivity index (χ3v) is 6.60. The molecule has 1 aromatic rings. The van der Waals surface area contributed by atoms with Crippen molar-refractivity contribution in [2.75, 3.05) is 13.1 Å². The summed E-state index contributed by atoms with van der Waals surface area (Å²) in [5.74, 6) is -0.880. The molecule has 134 valence electrons. The predicted molar refractivity (Wildman–Crippen MR) is 97.6 cm³/mol. The summed E-state index contributed by atoms with van der Waals surface area (Å²) >= 11 is 5.17. The van der Waals surface area contributed by atoms with Gasteiger partial charge in [-0.25, -0.2) is 9.28 Å². The monoisotopic (exact) mass is 359 g/mol. The number of likely N-dealkylation sites (N-methyl/N-ethyl adjacent to an activating group) is 1. The van der Waals surface area contributed by atoms with Crippen molar-refractivity contribution in [1.82, 2.24) is 0 Å². The number of quaternary nitrogens is 1. The minimum Gasteiger partial charge on any atom is -0.863 e. The van der Waals surface area contributed by atoms with Crippen LogP contribution >= 0.6 is 12.2 Å². The summed E-state index contributed by atoms with van der Waals surface area (Å²) in [6.07, 6.45) is 4.81. The van der Waals surface area contributed by atoms with E-state index < -0.39 is 16.5 Å². The zero-order chi connectivity index (χ0) is 18.1. The molecule has 1 amide bonds. The predicted octanol–water partition coefficient (Wildman–Crippen LogP) is 2.49. The van der Waals surface area contributed by atoms with E-state index in [1.165, 1.54) is 0 Å². The van der Waals surface area contributed by atoms with Crippen molar-refractivity contribution in [3.05, 3.63) is 35.9 Å². The average molecular weight is 359 g/mol. The third-order valence-electron chi connectivity index (χ3n) is 6.26. The van der Waals surface area contributed by atoms with Crippen molar-refractivity contribution in [1.29, 1.82) is 0 Å². The molecule has 4 nitrogen and oxygen atoms in total. The molecular weight excluding hydrogens is 334 g/mol. The molecule has 1 aliphatic heterocycles. The molecule has 1 saturated carbocycles. The second-order valence-electron chi connectivity index (χ2n) is 7.28. The number of hydrogen-bond acceptors (Lipinski definition) is 4. The van der Waals surface area contributed by atoms with E-state index in [1.54, 1.807) is 0 Å². The van der Waals surface area contributed by atoms with Crippen molar-refractivity contribution < 1.29 is 19.2 Å². The van der Waals surface area contributed by atoms with Crippen LogP contribution in [-0.4, -0.2) is 34.3 Å². The van der Waals surface area contributed by atoms with E-state index >= 15 is 0 Å². The van der Waals surface area contributed by atoms with Crippen LogP contribution in [0.5, 0.6) is 0 Å². The quantitative estimate of drug-likeness (QED) is 0.460. The second kappa shape index (κ2) is 6.96. The number of rotatable bonds is 5. The van der Waals surface area contributed by atoms with E-state index in [0.29, 0.717) is 19.5 Å². The van der Waals surface area contributed by atoms with E-state index in [-0.39, 0.29) is 16.2 Å². The minimum atomic E-state index is -1.10. The Balaban J connectivity index is 2.09. The maximum absolute atomic E-state index is 13.4. The van der Waals surface area contributed by atoms with E-state index in [2.05, 4.69) is 0 Å². The molecular formula is C20H25NO3S. The van der Waals surface area contributed by atoms with Gasteiger partial charge in [0.25, 0.3) is 5.78 Å². The fraction of sp³-hybridized carbons (Fsp3) is 0.550. The molecule has 1 heterocycles. The van der Waals surface area contributed by atoms with Crippen molar-refractivity contribution in [3.63, 3.8) is 0 Å². The van der Waals surface area contributed by atoms with Gasteiger partial charge in [0.15, 0.2) is 5.54 Å². The van der Waals surface area contributed by atoms with Gasteiger partial charge in [0, 0.05) is 29.4 Å². The lowest BCUT2D eigenvalue weighted by molar-refractivity contribution is -0.886. The summed E-state index contributed by atoms with van der Waals surface area (Å²) in [5.41, 5.74) is -0.335. The topological polar surface area (TPSA) is 57.2 Å². The summed E-state index contributed by atoms with van der Waals surface area (Å²) < 4.78 is -0.130. The molecule has 1 saturated heterocycles. The molecule has 5 heteroatoms. The van der Waals surface area contributed by atoms with E-state index in [0.717, 1.165) is 37.7 Å². The molecule has 0 aromatic heterocycles. The fourth-order valence-electron chi connectivity index (χ4n) is 4.93. The third kappa shape index (κ3) is 2.64. The van der Waals surface area contributed by atoms with Crippen molar-refractivity contribution in [2.45, 2.75) is 51.0 Å². The highest BCUT2D eigenvalue weighted by molar-refractivity contribution is 7.80. The van der Waals surface area contributed by atoms with Crippen LogP contribution in [-0.2, 0) is 15.1 Å². The Morgan fingerprint density at radius 3 is 2.40 bits per heavy atom. The van der Waals surface area contributed by atoms with Gasteiger partial charge in [-0.15, -0.1) is 0 Å². The van der Waals surface area contributed by atoms with E-state index in [9.17, 15) is 14.7 Å². The van der Waals surface area contributed by atoms with Gasteiger partial charge >= 0.3 is 5.91 Å². The van der Waals surface area contributed by atoms with Crippen LogP contribution in [0.1, 0.15) is 51.0 Å². The number of benzene rings is 1. The normalized spacial score (nSPS) is 29.6. The van der Waals surface area contributed by atoms with Crippen LogP contribution in [0.25, 0.3) is 0 Å². The first kappa shape index (κ1) is 18.2. The van der Waals surface area contributed by atoms with Crippen molar-refractivity contribution in [3.8, 4) is 0 Å². The molecule has 0 bridgehead atoms. The number of thiocarbonyl (C=S) groups is 1. The number of ketones is 1. The van der Waals surface area contributed by atoms with Gasteiger partial charge in [0.05, 0.1) is 13.1 Å². The first-order chi connectivity index (χ1) is 12.0. The number of amides is 1. The molecule has 1 unspecified atom stereocenters. The number of hydrogen-bond donors (Lipinski definition) is 0. The van der Waals surface area contributed by atoms with Crippen molar-refractivity contribution >= 4 is 29.0 Å². The molecule has 25 heavy (non-hydrogen) atoms. The minimum absolute atomic E-state index is 0.130. The first-order valence-corrected chi connectivity index (χ1v) is 9.63.